The average Bonchev–Trinajstić information content (AvgIpc) is 3.34. The summed E-state index contributed by atoms with van der Waals surface area (Å²) >= 11 is 1.28. The van der Waals surface area contributed by atoms with E-state index >= 15 is 0 Å². The van der Waals surface area contributed by atoms with Gasteiger partial charge in [0, 0.05) is 35.8 Å². The summed E-state index contributed by atoms with van der Waals surface area (Å²) in [5, 5.41) is 17.4. The van der Waals surface area contributed by atoms with E-state index in [0.29, 0.717) is 15.8 Å². The molecule has 0 aliphatic carbocycles. The predicted octanol–water partition coefficient (Wildman–Crippen LogP) is 5.04. The summed E-state index contributed by atoms with van der Waals surface area (Å²) in [6.07, 6.45) is 6.75. The van der Waals surface area contributed by atoms with Crippen LogP contribution in [0.3, 0.4) is 0 Å². The summed E-state index contributed by atoms with van der Waals surface area (Å²) in [6.45, 7) is 5.71. The average molecular weight is 478 g/mol. The molecule has 176 valence electrons. The summed E-state index contributed by atoms with van der Waals surface area (Å²) in [4.78, 5) is 28.8. The fourth-order valence-corrected chi connectivity index (χ4v) is 5.46. The Balaban J connectivity index is 1.36. The fraction of sp³-hybridized carbons (Fsp3) is 0.458. The third kappa shape index (κ3) is 4.61. The summed E-state index contributed by atoms with van der Waals surface area (Å²) in [7, 11) is 0. The van der Waals surface area contributed by atoms with E-state index in [0.717, 1.165) is 42.4 Å². The zero-order valence-corrected chi connectivity index (χ0v) is 20.2. The van der Waals surface area contributed by atoms with Gasteiger partial charge in [-0.1, -0.05) is 11.3 Å². The highest BCUT2D eigenvalue weighted by Gasteiger charge is 2.45. The molecule has 10 heteroatoms. The molecule has 2 atom stereocenters. The van der Waals surface area contributed by atoms with Crippen molar-refractivity contribution in [2.75, 3.05) is 10.6 Å². The van der Waals surface area contributed by atoms with Gasteiger partial charge in [-0.3, -0.25) is 4.98 Å². The van der Waals surface area contributed by atoms with Gasteiger partial charge in [-0.15, -0.1) is 0 Å². The molecule has 2 bridgehead atoms. The Bertz CT molecular complexity index is 1250. The standard InChI is InChI=1S/C24H27N7O2S/c1-24(2,3)33-23(32)31-15-6-7-16(31)10-14(9-15)28-21-18-5-4-8-26-19(18)11-20(29-21)30-22-27-13-17(12-25)34-22/h4-5,8,11,13-16H,6-7,9-10H2,1-3H3,(H2,27,28,29,30). The highest BCUT2D eigenvalue weighted by atomic mass is 32.1. The third-order valence-electron chi connectivity index (χ3n) is 6.13. The number of piperidine rings is 1. The Labute approximate surface area is 202 Å². The smallest absolute Gasteiger partial charge is 0.410 e. The number of aromatic nitrogens is 3. The lowest BCUT2D eigenvalue weighted by atomic mass is 9.97. The Morgan fingerprint density at radius 1 is 1.26 bits per heavy atom. The number of fused-ring (bicyclic) bond motifs is 3. The number of ether oxygens (including phenoxy) is 1. The van der Waals surface area contributed by atoms with Crippen molar-refractivity contribution in [2.24, 2.45) is 0 Å². The summed E-state index contributed by atoms with van der Waals surface area (Å²) < 4.78 is 5.66. The normalized spacial score (nSPS) is 21.8. The molecule has 1 amide bonds. The lowest BCUT2D eigenvalue weighted by Gasteiger charge is -2.39. The van der Waals surface area contributed by atoms with Gasteiger partial charge in [0.25, 0.3) is 0 Å². The number of hydrogen-bond donors (Lipinski definition) is 2. The largest absolute Gasteiger partial charge is 0.444 e. The number of thiazole rings is 1. The molecule has 3 aromatic rings. The summed E-state index contributed by atoms with van der Waals surface area (Å²) in [6, 6.07) is 8.40. The van der Waals surface area contributed by atoms with Crippen molar-refractivity contribution in [3.8, 4) is 6.07 Å². The zero-order chi connectivity index (χ0) is 23.9. The molecular weight excluding hydrogens is 450 g/mol. The van der Waals surface area contributed by atoms with Gasteiger partial charge in [-0.25, -0.2) is 14.8 Å². The molecule has 3 aromatic heterocycles. The van der Waals surface area contributed by atoms with Gasteiger partial charge in [-0.2, -0.15) is 5.26 Å². The quantitative estimate of drug-likeness (QED) is 0.537. The van der Waals surface area contributed by atoms with Crippen LogP contribution in [0.2, 0.25) is 0 Å². The molecule has 0 radical (unpaired) electrons. The van der Waals surface area contributed by atoms with Crippen LogP contribution in [0.15, 0.2) is 30.6 Å². The lowest BCUT2D eigenvalue weighted by molar-refractivity contribution is 0.00683. The number of carbonyl (C=O) groups excluding carboxylic acids is 1. The zero-order valence-electron chi connectivity index (χ0n) is 19.4. The molecule has 0 saturated carbocycles. The molecule has 2 aliphatic rings. The first-order valence-electron chi connectivity index (χ1n) is 11.5. The van der Waals surface area contributed by atoms with E-state index in [1.54, 1.807) is 12.4 Å². The first-order valence-corrected chi connectivity index (χ1v) is 12.3. The second-order valence-corrected chi connectivity index (χ2v) is 10.8. The molecule has 2 aliphatic heterocycles. The van der Waals surface area contributed by atoms with Gasteiger partial charge in [0.15, 0.2) is 5.13 Å². The molecule has 5 heterocycles. The molecule has 2 unspecified atom stereocenters. The van der Waals surface area contributed by atoms with Crippen molar-refractivity contribution < 1.29 is 9.53 Å². The number of amides is 1. The van der Waals surface area contributed by atoms with Crippen LogP contribution in [0.1, 0.15) is 51.3 Å². The maximum atomic E-state index is 12.8. The van der Waals surface area contributed by atoms with Crippen LogP contribution in [0.25, 0.3) is 10.9 Å². The second kappa shape index (κ2) is 8.72. The van der Waals surface area contributed by atoms with Crippen LogP contribution in [0.5, 0.6) is 0 Å². The van der Waals surface area contributed by atoms with Crippen molar-refractivity contribution in [2.45, 2.75) is 70.2 Å². The minimum absolute atomic E-state index is 0.163. The van der Waals surface area contributed by atoms with Crippen LogP contribution >= 0.6 is 11.3 Å². The number of anilines is 3. The molecule has 9 nitrogen and oxygen atoms in total. The van der Waals surface area contributed by atoms with Crippen LogP contribution in [0.4, 0.5) is 21.6 Å². The van der Waals surface area contributed by atoms with Gasteiger partial charge >= 0.3 is 6.09 Å². The van der Waals surface area contributed by atoms with Crippen molar-refractivity contribution in [1.82, 2.24) is 19.9 Å². The van der Waals surface area contributed by atoms with E-state index in [1.165, 1.54) is 11.3 Å². The summed E-state index contributed by atoms with van der Waals surface area (Å²) in [5.74, 6) is 1.36. The van der Waals surface area contributed by atoms with Crippen LogP contribution < -0.4 is 10.6 Å². The van der Waals surface area contributed by atoms with Crippen molar-refractivity contribution in [3.05, 3.63) is 35.5 Å². The lowest BCUT2D eigenvalue weighted by Crippen LogP contribution is -2.51. The van der Waals surface area contributed by atoms with Gasteiger partial charge in [0.1, 0.15) is 28.2 Å². The SMILES string of the molecule is CC(C)(C)OC(=O)N1C2CCC1CC(Nc1nc(Nc3ncc(C#N)s3)cc3ncccc13)C2. The van der Waals surface area contributed by atoms with Gasteiger partial charge in [0.05, 0.1) is 11.7 Å². The highest BCUT2D eigenvalue weighted by Crippen LogP contribution is 2.38. The number of pyridine rings is 2. The van der Waals surface area contributed by atoms with E-state index < -0.39 is 5.60 Å². The number of nitriles is 1. The van der Waals surface area contributed by atoms with Gasteiger partial charge < -0.3 is 20.3 Å². The first-order chi connectivity index (χ1) is 16.3. The molecule has 5 rings (SSSR count). The molecule has 0 spiro atoms. The van der Waals surface area contributed by atoms with Crippen molar-refractivity contribution in [1.29, 1.82) is 5.26 Å². The molecule has 2 fully saturated rings. The Morgan fingerprint density at radius 2 is 2.03 bits per heavy atom. The van der Waals surface area contributed by atoms with E-state index in [1.807, 2.05) is 43.9 Å². The minimum Gasteiger partial charge on any atom is -0.444 e. The molecule has 2 saturated heterocycles. The van der Waals surface area contributed by atoms with E-state index in [2.05, 4.69) is 26.7 Å². The van der Waals surface area contributed by atoms with Gasteiger partial charge in [-0.05, 0) is 58.6 Å². The molecule has 34 heavy (non-hydrogen) atoms. The monoisotopic (exact) mass is 477 g/mol. The van der Waals surface area contributed by atoms with Gasteiger partial charge in [0.2, 0.25) is 0 Å². The minimum atomic E-state index is -0.500. The second-order valence-electron chi connectivity index (χ2n) is 9.78. The fourth-order valence-electron chi connectivity index (χ4n) is 4.84. The van der Waals surface area contributed by atoms with Crippen LogP contribution in [0, 0.1) is 11.3 Å². The van der Waals surface area contributed by atoms with Crippen molar-refractivity contribution >= 4 is 45.1 Å². The number of rotatable bonds is 4. The number of nitrogens with zero attached hydrogens (tertiary/aromatic N) is 5. The maximum absolute atomic E-state index is 12.8. The van der Waals surface area contributed by atoms with E-state index in [-0.39, 0.29) is 24.2 Å². The number of nitrogens with one attached hydrogen (secondary N) is 2. The van der Waals surface area contributed by atoms with E-state index in [4.69, 9.17) is 15.0 Å². The van der Waals surface area contributed by atoms with Crippen LogP contribution in [-0.2, 0) is 4.74 Å². The van der Waals surface area contributed by atoms with Crippen LogP contribution in [-0.4, -0.2) is 49.7 Å². The Hall–Kier alpha value is -3.45. The third-order valence-corrected chi connectivity index (χ3v) is 6.95. The first kappa shape index (κ1) is 22.3. The van der Waals surface area contributed by atoms with Crippen molar-refractivity contribution in [3.63, 3.8) is 0 Å². The van der Waals surface area contributed by atoms with E-state index in [9.17, 15) is 4.79 Å². The molecular formula is C24H27N7O2S. The highest BCUT2D eigenvalue weighted by molar-refractivity contribution is 7.16. The predicted molar refractivity (Wildman–Crippen MR) is 131 cm³/mol. The number of carbonyl (C=O) groups is 1. The molecule has 2 N–H and O–H groups in total. The maximum Gasteiger partial charge on any atom is 0.410 e. The Morgan fingerprint density at radius 3 is 2.71 bits per heavy atom. The topological polar surface area (TPSA) is 116 Å². The Kier molecular flexibility index (Phi) is 5.73. The molecule has 0 aromatic carbocycles. The summed E-state index contributed by atoms with van der Waals surface area (Å²) in [5.41, 5.74) is 0.314. The number of hydrogen-bond acceptors (Lipinski definition) is 9.